The van der Waals surface area contributed by atoms with Crippen molar-refractivity contribution in [2.24, 2.45) is 4.99 Å². The van der Waals surface area contributed by atoms with E-state index >= 15 is 0 Å². The first kappa shape index (κ1) is 11.5. The topological polar surface area (TPSA) is 43.7 Å². The monoisotopic (exact) mass is 266 g/mol. The summed E-state index contributed by atoms with van der Waals surface area (Å²) in [7, 11) is 3.35. The maximum absolute atomic E-state index is 5.60. The lowest BCUT2D eigenvalue weighted by molar-refractivity contribution is 0.355. The van der Waals surface area contributed by atoms with Gasteiger partial charge in [-0.3, -0.25) is 9.98 Å². The number of fused-ring (bicyclic) bond motifs is 3. The average molecular weight is 266 g/mol. The van der Waals surface area contributed by atoms with Crippen LogP contribution in [0.2, 0.25) is 0 Å². The minimum absolute atomic E-state index is 0.771. The number of ether oxygens (including phenoxy) is 2. The maximum atomic E-state index is 5.60. The predicted octanol–water partition coefficient (Wildman–Crippen LogP) is 2.47. The van der Waals surface area contributed by atoms with Gasteiger partial charge in [-0.05, 0) is 24.1 Å². The number of aromatic nitrogens is 1. The molecule has 0 amide bonds. The molecule has 0 saturated carbocycles. The summed E-state index contributed by atoms with van der Waals surface area (Å²) < 4.78 is 11.1. The minimum atomic E-state index is 0.771. The van der Waals surface area contributed by atoms with Crippen LogP contribution in [0.3, 0.4) is 0 Å². The van der Waals surface area contributed by atoms with Crippen LogP contribution in [0.25, 0.3) is 11.1 Å². The van der Waals surface area contributed by atoms with Crippen LogP contribution in [-0.4, -0.2) is 31.5 Å². The fraction of sp³-hybridized carbons (Fsp3) is 0.250. The largest absolute Gasteiger partial charge is 0.493 e. The molecule has 2 aliphatic rings. The summed E-state index contributed by atoms with van der Waals surface area (Å²) in [6, 6.07) is 4.10. The maximum Gasteiger partial charge on any atom is 0.169 e. The van der Waals surface area contributed by atoms with Crippen LogP contribution < -0.4 is 9.47 Å². The van der Waals surface area contributed by atoms with Crippen LogP contribution >= 0.6 is 0 Å². The number of nitrogens with zero attached hydrogens (tertiary/aromatic N) is 2. The fourth-order valence-electron chi connectivity index (χ4n) is 3.16. The zero-order valence-corrected chi connectivity index (χ0v) is 11.4. The minimum Gasteiger partial charge on any atom is -0.493 e. The van der Waals surface area contributed by atoms with Gasteiger partial charge >= 0.3 is 0 Å². The Kier molecular flexibility index (Phi) is 2.33. The van der Waals surface area contributed by atoms with Gasteiger partial charge in [0.25, 0.3) is 0 Å². The molecule has 0 unspecified atom stereocenters. The Morgan fingerprint density at radius 2 is 2.00 bits per heavy atom. The molecule has 4 nitrogen and oxygen atoms in total. The van der Waals surface area contributed by atoms with E-state index in [4.69, 9.17) is 14.5 Å². The highest BCUT2D eigenvalue weighted by Gasteiger charge is 2.33. The highest BCUT2D eigenvalue weighted by atomic mass is 16.5. The first-order valence-electron chi connectivity index (χ1n) is 6.62. The Balaban J connectivity index is 2.16. The normalized spacial score (nSPS) is 14.4. The predicted molar refractivity (Wildman–Crippen MR) is 77.0 cm³/mol. The van der Waals surface area contributed by atoms with Gasteiger partial charge in [0.05, 0.1) is 19.9 Å². The molecule has 0 fully saturated rings. The van der Waals surface area contributed by atoms with E-state index in [1.807, 2.05) is 18.5 Å². The second-order valence-electron chi connectivity index (χ2n) is 4.92. The molecule has 0 bridgehead atoms. The SMILES string of the molecule is COc1cc2c3c(c1OC)-c1cnccc1C3=NCC2. The van der Waals surface area contributed by atoms with E-state index < -0.39 is 0 Å². The molecule has 4 heteroatoms. The van der Waals surface area contributed by atoms with Gasteiger partial charge in [-0.15, -0.1) is 0 Å². The molecule has 1 aromatic heterocycles. The Morgan fingerprint density at radius 1 is 1.10 bits per heavy atom. The number of pyridine rings is 1. The van der Waals surface area contributed by atoms with E-state index in [1.54, 1.807) is 14.2 Å². The van der Waals surface area contributed by atoms with Gasteiger partial charge in [0, 0.05) is 41.2 Å². The molecular weight excluding hydrogens is 252 g/mol. The number of hydrogen-bond donors (Lipinski definition) is 0. The molecule has 0 saturated heterocycles. The third-order valence-corrected chi connectivity index (χ3v) is 3.98. The van der Waals surface area contributed by atoms with Crippen molar-refractivity contribution in [1.82, 2.24) is 4.98 Å². The molecular formula is C16H14N2O2. The summed E-state index contributed by atoms with van der Waals surface area (Å²) >= 11 is 0. The summed E-state index contributed by atoms with van der Waals surface area (Å²) in [5.74, 6) is 1.55. The van der Waals surface area contributed by atoms with Crippen molar-refractivity contribution in [3.8, 4) is 22.6 Å². The fourth-order valence-corrected chi connectivity index (χ4v) is 3.16. The summed E-state index contributed by atoms with van der Waals surface area (Å²) in [6.07, 6.45) is 4.63. The van der Waals surface area contributed by atoms with E-state index in [-0.39, 0.29) is 0 Å². The van der Waals surface area contributed by atoms with Gasteiger partial charge < -0.3 is 9.47 Å². The molecule has 1 aliphatic carbocycles. The second kappa shape index (κ2) is 4.07. The van der Waals surface area contributed by atoms with Crippen molar-refractivity contribution in [2.75, 3.05) is 20.8 Å². The van der Waals surface area contributed by atoms with Crippen LogP contribution in [0.4, 0.5) is 0 Å². The van der Waals surface area contributed by atoms with E-state index in [9.17, 15) is 0 Å². The highest BCUT2D eigenvalue weighted by Crippen LogP contribution is 2.49. The van der Waals surface area contributed by atoms with Crippen molar-refractivity contribution >= 4 is 5.71 Å². The van der Waals surface area contributed by atoms with Crippen molar-refractivity contribution in [3.05, 3.63) is 41.2 Å². The van der Waals surface area contributed by atoms with Gasteiger partial charge in [0.15, 0.2) is 11.5 Å². The number of methoxy groups -OCH3 is 2. The van der Waals surface area contributed by atoms with Gasteiger partial charge in [-0.1, -0.05) is 0 Å². The molecule has 4 rings (SSSR count). The van der Waals surface area contributed by atoms with Crippen molar-refractivity contribution < 1.29 is 9.47 Å². The first-order valence-corrected chi connectivity index (χ1v) is 6.62. The van der Waals surface area contributed by atoms with Crippen LogP contribution in [0.15, 0.2) is 29.5 Å². The summed E-state index contributed by atoms with van der Waals surface area (Å²) in [5.41, 5.74) is 6.83. The number of rotatable bonds is 2. The third kappa shape index (κ3) is 1.31. The second-order valence-corrected chi connectivity index (χ2v) is 4.92. The quantitative estimate of drug-likeness (QED) is 0.715. The van der Waals surface area contributed by atoms with Crippen LogP contribution in [0, 0.1) is 0 Å². The summed E-state index contributed by atoms with van der Waals surface area (Å²) in [4.78, 5) is 8.96. The number of aliphatic imine (C=N–C) groups is 1. The molecule has 20 heavy (non-hydrogen) atoms. The molecule has 1 aromatic carbocycles. The number of hydrogen-bond acceptors (Lipinski definition) is 4. The molecule has 2 aromatic rings. The van der Waals surface area contributed by atoms with E-state index in [2.05, 4.69) is 11.1 Å². The molecule has 0 radical (unpaired) electrons. The lowest BCUT2D eigenvalue weighted by Crippen LogP contribution is -2.11. The van der Waals surface area contributed by atoms with E-state index in [0.29, 0.717) is 0 Å². The van der Waals surface area contributed by atoms with Crippen LogP contribution in [0.5, 0.6) is 11.5 Å². The van der Waals surface area contributed by atoms with Gasteiger partial charge in [0.2, 0.25) is 0 Å². The van der Waals surface area contributed by atoms with Crippen molar-refractivity contribution in [1.29, 1.82) is 0 Å². The van der Waals surface area contributed by atoms with Crippen LogP contribution in [0.1, 0.15) is 16.7 Å². The molecule has 1 aliphatic heterocycles. The van der Waals surface area contributed by atoms with E-state index in [1.165, 1.54) is 11.1 Å². The highest BCUT2D eigenvalue weighted by molar-refractivity contribution is 6.26. The smallest absolute Gasteiger partial charge is 0.169 e. The zero-order valence-electron chi connectivity index (χ0n) is 11.4. The molecule has 100 valence electrons. The molecule has 0 N–H and O–H groups in total. The van der Waals surface area contributed by atoms with Gasteiger partial charge in [0.1, 0.15) is 0 Å². The lowest BCUT2D eigenvalue weighted by atomic mass is 9.95. The first-order chi connectivity index (χ1) is 9.85. The number of benzene rings is 1. The molecule has 2 heterocycles. The lowest BCUT2D eigenvalue weighted by Gasteiger charge is -2.18. The Bertz CT molecular complexity index is 750. The summed E-state index contributed by atoms with van der Waals surface area (Å²) in [6.45, 7) is 0.818. The summed E-state index contributed by atoms with van der Waals surface area (Å²) in [5, 5.41) is 0. The van der Waals surface area contributed by atoms with Crippen LogP contribution in [-0.2, 0) is 6.42 Å². The van der Waals surface area contributed by atoms with Gasteiger partial charge in [-0.2, -0.15) is 0 Å². The Morgan fingerprint density at radius 3 is 2.80 bits per heavy atom. The Labute approximate surface area is 117 Å². The van der Waals surface area contributed by atoms with Crippen molar-refractivity contribution in [2.45, 2.75) is 6.42 Å². The molecule has 0 atom stereocenters. The average Bonchev–Trinajstić information content (AvgIpc) is 2.84. The van der Waals surface area contributed by atoms with Gasteiger partial charge in [-0.25, -0.2) is 0 Å². The van der Waals surface area contributed by atoms with Crippen molar-refractivity contribution in [3.63, 3.8) is 0 Å². The standard InChI is InChI=1S/C16H14N2O2/c1-19-12-7-9-3-6-18-15-10-4-5-17-8-11(10)14(13(9)15)16(12)20-2/h4-5,7-8H,3,6H2,1-2H3. The zero-order chi connectivity index (χ0) is 13.7. The molecule has 0 spiro atoms. The van der Waals surface area contributed by atoms with E-state index in [0.717, 1.165) is 46.9 Å². The Hall–Kier alpha value is -2.36. The third-order valence-electron chi connectivity index (χ3n) is 3.98.